The van der Waals surface area contributed by atoms with E-state index < -0.39 is 0 Å². The van der Waals surface area contributed by atoms with E-state index in [0.717, 1.165) is 10.0 Å². The smallest absolute Gasteiger partial charge is 0.122 e. The molecule has 0 heterocycles. The topological polar surface area (TPSA) is 35.8 Å². The van der Waals surface area contributed by atoms with Crippen LogP contribution < -0.4 is 5.32 Å². The quantitative estimate of drug-likeness (QED) is 0.906. The van der Waals surface area contributed by atoms with Crippen LogP contribution in [0.3, 0.4) is 0 Å². The molecule has 1 aromatic rings. The molecule has 1 unspecified atom stereocenters. The third-order valence-corrected chi connectivity index (χ3v) is 4.29. The van der Waals surface area contributed by atoms with Gasteiger partial charge in [0.25, 0.3) is 0 Å². The minimum Gasteiger partial charge on any atom is -0.295 e. The van der Waals surface area contributed by atoms with E-state index in [9.17, 15) is 5.26 Å². The van der Waals surface area contributed by atoms with Gasteiger partial charge in [0.15, 0.2) is 0 Å². The Kier molecular flexibility index (Phi) is 4.79. The summed E-state index contributed by atoms with van der Waals surface area (Å²) in [6.07, 6.45) is 6.29. The van der Waals surface area contributed by atoms with Crippen molar-refractivity contribution < 1.29 is 0 Å². The molecule has 0 radical (unpaired) electrons. The summed E-state index contributed by atoms with van der Waals surface area (Å²) in [7, 11) is 0. The van der Waals surface area contributed by atoms with E-state index in [0.29, 0.717) is 6.04 Å². The molecule has 2 rings (SSSR count). The predicted molar refractivity (Wildman–Crippen MR) is 77.2 cm³/mol. The van der Waals surface area contributed by atoms with Gasteiger partial charge in [-0.3, -0.25) is 5.32 Å². The second-order valence-corrected chi connectivity index (χ2v) is 5.94. The highest BCUT2D eigenvalue weighted by molar-refractivity contribution is 9.10. The Morgan fingerprint density at radius 3 is 2.67 bits per heavy atom. The lowest BCUT2D eigenvalue weighted by molar-refractivity contribution is 0.359. The highest BCUT2D eigenvalue weighted by Gasteiger charge is 2.20. The summed E-state index contributed by atoms with van der Waals surface area (Å²) in [6.45, 7) is 2.06. The van der Waals surface area contributed by atoms with Gasteiger partial charge in [-0.05, 0) is 37.0 Å². The van der Waals surface area contributed by atoms with E-state index >= 15 is 0 Å². The highest BCUT2D eigenvalue weighted by Crippen LogP contribution is 2.27. The zero-order valence-electron chi connectivity index (χ0n) is 10.7. The van der Waals surface area contributed by atoms with Crippen LogP contribution in [0.1, 0.15) is 49.3 Å². The monoisotopic (exact) mass is 306 g/mol. The number of halogens is 1. The number of hydrogen-bond acceptors (Lipinski definition) is 2. The minimum atomic E-state index is -0.205. The maximum atomic E-state index is 9.37. The van der Waals surface area contributed by atoms with Gasteiger partial charge >= 0.3 is 0 Å². The highest BCUT2D eigenvalue weighted by atomic mass is 79.9. The summed E-state index contributed by atoms with van der Waals surface area (Å²) in [5.74, 6) is 0. The van der Waals surface area contributed by atoms with Crippen molar-refractivity contribution in [3.05, 3.63) is 33.8 Å². The molecule has 0 bridgehead atoms. The molecule has 18 heavy (non-hydrogen) atoms. The van der Waals surface area contributed by atoms with Crippen LogP contribution >= 0.6 is 15.9 Å². The maximum Gasteiger partial charge on any atom is 0.122 e. The van der Waals surface area contributed by atoms with Crippen molar-refractivity contribution in [2.24, 2.45) is 0 Å². The van der Waals surface area contributed by atoms with Crippen LogP contribution in [-0.2, 0) is 0 Å². The van der Waals surface area contributed by atoms with Crippen LogP contribution in [0.5, 0.6) is 0 Å². The fourth-order valence-corrected chi connectivity index (χ4v) is 3.29. The van der Waals surface area contributed by atoms with Gasteiger partial charge in [-0.2, -0.15) is 5.26 Å². The van der Waals surface area contributed by atoms with Gasteiger partial charge in [-0.25, -0.2) is 0 Å². The molecule has 0 aromatic heterocycles. The lowest BCUT2D eigenvalue weighted by Crippen LogP contribution is -2.34. The average Bonchev–Trinajstić information content (AvgIpc) is 2.38. The molecule has 1 fully saturated rings. The lowest BCUT2D eigenvalue weighted by Gasteiger charge is -2.26. The van der Waals surface area contributed by atoms with Crippen LogP contribution in [0.4, 0.5) is 0 Å². The lowest BCUT2D eigenvalue weighted by atomic mass is 9.94. The van der Waals surface area contributed by atoms with Crippen molar-refractivity contribution >= 4 is 15.9 Å². The second kappa shape index (κ2) is 6.36. The zero-order chi connectivity index (χ0) is 13.0. The van der Waals surface area contributed by atoms with Gasteiger partial charge in [0.05, 0.1) is 6.07 Å². The SMILES string of the molecule is Cc1ccc(C(C#N)NC2CCCCC2)c(Br)c1. The molecular weight excluding hydrogens is 288 g/mol. The number of hydrogen-bond donors (Lipinski definition) is 1. The van der Waals surface area contributed by atoms with E-state index in [1.165, 1.54) is 37.7 Å². The van der Waals surface area contributed by atoms with Gasteiger partial charge in [0.1, 0.15) is 6.04 Å². The van der Waals surface area contributed by atoms with E-state index in [1.54, 1.807) is 0 Å². The Balaban J connectivity index is 2.10. The molecule has 96 valence electrons. The molecule has 3 heteroatoms. The number of nitrogens with zero attached hydrogens (tertiary/aromatic N) is 1. The van der Waals surface area contributed by atoms with Crippen molar-refractivity contribution in [3.8, 4) is 6.07 Å². The number of nitrogens with one attached hydrogen (secondary N) is 1. The second-order valence-electron chi connectivity index (χ2n) is 5.09. The van der Waals surface area contributed by atoms with Gasteiger partial charge in [-0.15, -0.1) is 0 Å². The molecule has 1 saturated carbocycles. The number of rotatable bonds is 3. The van der Waals surface area contributed by atoms with Crippen LogP contribution in [-0.4, -0.2) is 6.04 Å². The summed E-state index contributed by atoms with van der Waals surface area (Å²) in [5.41, 5.74) is 2.26. The Labute approximate surface area is 118 Å². The molecule has 1 aromatic carbocycles. The predicted octanol–water partition coefficient (Wildman–Crippen LogP) is 4.24. The third kappa shape index (κ3) is 3.34. The Morgan fingerprint density at radius 1 is 1.33 bits per heavy atom. The first-order valence-corrected chi connectivity index (χ1v) is 7.41. The summed E-state index contributed by atoms with van der Waals surface area (Å²) in [4.78, 5) is 0. The number of benzene rings is 1. The summed E-state index contributed by atoms with van der Waals surface area (Å²) in [6, 6.07) is 8.86. The molecule has 0 amide bonds. The van der Waals surface area contributed by atoms with Gasteiger partial charge in [-0.1, -0.05) is 47.3 Å². The third-order valence-electron chi connectivity index (χ3n) is 3.60. The first kappa shape index (κ1) is 13.6. The first-order chi connectivity index (χ1) is 8.70. The standard InChI is InChI=1S/C15H19BrN2/c1-11-7-8-13(14(16)9-11)15(10-17)18-12-5-3-2-4-6-12/h7-9,12,15,18H,2-6H2,1H3. The fourth-order valence-electron chi connectivity index (χ4n) is 2.57. The first-order valence-electron chi connectivity index (χ1n) is 6.62. The molecule has 1 N–H and O–H groups in total. The van der Waals surface area contributed by atoms with Gasteiger partial charge in [0.2, 0.25) is 0 Å². The van der Waals surface area contributed by atoms with Crippen LogP contribution in [0.15, 0.2) is 22.7 Å². The average molecular weight is 307 g/mol. The van der Waals surface area contributed by atoms with Crippen molar-refractivity contribution in [1.82, 2.24) is 5.32 Å². The number of nitriles is 1. The Morgan fingerprint density at radius 2 is 2.06 bits per heavy atom. The van der Waals surface area contributed by atoms with E-state index in [1.807, 2.05) is 6.07 Å². The van der Waals surface area contributed by atoms with Crippen LogP contribution in [0.2, 0.25) is 0 Å². The van der Waals surface area contributed by atoms with Crippen molar-refractivity contribution in [2.45, 2.75) is 51.1 Å². The molecule has 2 nitrogen and oxygen atoms in total. The van der Waals surface area contributed by atoms with Crippen molar-refractivity contribution in [1.29, 1.82) is 5.26 Å². The van der Waals surface area contributed by atoms with Gasteiger partial charge < -0.3 is 0 Å². The van der Waals surface area contributed by atoms with E-state index in [4.69, 9.17) is 0 Å². The molecular formula is C15H19BrN2. The zero-order valence-corrected chi connectivity index (χ0v) is 12.3. The normalized spacial score (nSPS) is 18.3. The molecule has 0 saturated heterocycles. The van der Waals surface area contributed by atoms with Crippen LogP contribution in [0.25, 0.3) is 0 Å². The summed E-state index contributed by atoms with van der Waals surface area (Å²) >= 11 is 3.56. The molecule has 0 spiro atoms. The summed E-state index contributed by atoms with van der Waals surface area (Å²) in [5, 5.41) is 12.9. The molecule has 1 aliphatic rings. The largest absolute Gasteiger partial charge is 0.295 e. The van der Waals surface area contributed by atoms with Crippen LogP contribution in [0, 0.1) is 18.3 Å². The maximum absolute atomic E-state index is 9.37. The Bertz CT molecular complexity index is 444. The minimum absolute atomic E-state index is 0.205. The van der Waals surface area contributed by atoms with Gasteiger partial charge in [0, 0.05) is 10.5 Å². The molecule has 1 aliphatic carbocycles. The Hall–Kier alpha value is -0.850. The molecule has 0 aliphatic heterocycles. The molecule has 1 atom stereocenters. The van der Waals surface area contributed by atoms with Crippen molar-refractivity contribution in [2.75, 3.05) is 0 Å². The fraction of sp³-hybridized carbons (Fsp3) is 0.533. The van der Waals surface area contributed by atoms with E-state index in [2.05, 4.69) is 46.4 Å². The van der Waals surface area contributed by atoms with E-state index in [-0.39, 0.29) is 6.04 Å². The number of aryl methyl sites for hydroxylation is 1. The summed E-state index contributed by atoms with van der Waals surface area (Å²) < 4.78 is 1.03. The van der Waals surface area contributed by atoms with Crippen molar-refractivity contribution in [3.63, 3.8) is 0 Å².